The molecule has 0 aromatic heterocycles. The summed E-state index contributed by atoms with van der Waals surface area (Å²) in [6.45, 7) is 5.69. The van der Waals surface area contributed by atoms with Gasteiger partial charge in [-0.25, -0.2) is 0 Å². The number of allylic oxidation sites excluding steroid dienone is 1. The molecule has 0 aliphatic heterocycles. The van der Waals surface area contributed by atoms with Gasteiger partial charge >= 0.3 is 0 Å². The standard InChI is InChI=1S/C6H12N2O.C2H6/c1-5(7)6(4-9)3-8-2;1-2/h3,9H,4,7H2,1-2H3;1-2H3/b6-5+,8-3?;. The van der Waals surface area contributed by atoms with E-state index in [-0.39, 0.29) is 6.61 Å². The molecule has 0 rings (SSSR count). The molecule has 0 amide bonds. The lowest BCUT2D eigenvalue weighted by molar-refractivity contribution is 0.336. The summed E-state index contributed by atoms with van der Waals surface area (Å²) in [6, 6.07) is 0. The Bertz CT molecular complexity index is 135. The van der Waals surface area contributed by atoms with Gasteiger partial charge < -0.3 is 10.8 Å². The Balaban J connectivity index is 0. The number of aliphatic hydroxyl groups is 1. The molecule has 0 fully saturated rings. The molecule has 0 aromatic rings. The Labute approximate surface area is 68.6 Å². The Hall–Kier alpha value is -0.830. The molecular formula is C8H18N2O. The van der Waals surface area contributed by atoms with Crippen LogP contribution in [0.4, 0.5) is 0 Å². The quantitative estimate of drug-likeness (QED) is 0.587. The van der Waals surface area contributed by atoms with E-state index >= 15 is 0 Å². The molecule has 0 aromatic carbocycles. The van der Waals surface area contributed by atoms with Crippen molar-refractivity contribution in [3.05, 3.63) is 11.3 Å². The minimum Gasteiger partial charge on any atom is -0.402 e. The van der Waals surface area contributed by atoms with Crippen molar-refractivity contribution >= 4 is 6.21 Å². The average molecular weight is 158 g/mol. The first-order valence-electron chi connectivity index (χ1n) is 3.70. The minimum atomic E-state index is -0.0420. The number of nitrogens with two attached hydrogens (primary N) is 1. The summed E-state index contributed by atoms with van der Waals surface area (Å²) in [4.78, 5) is 3.71. The van der Waals surface area contributed by atoms with Crippen molar-refractivity contribution in [2.45, 2.75) is 20.8 Å². The molecule has 11 heavy (non-hydrogen) atoms. The van der Waals surface area contributed by atoms with Gasteiger partial charge in [0, 0.05) is 24.5 Å². The zero-order valence-corrected chi connectivity index (χ0v) is 7.76. The summed E-state index contributed by atoms with van der Waals surface area (Å²) in [6.07, 6.45) is 1.55. The van der Waals surface area contributed by atoms with Crippen LogP contribution in [0.3, 0.4) is 0 Å². The SMILES string of the molecule is CC.CN=C/C(CO)=C(/C)N. The van der Waals surface area contributed by atoms with Gasteiger partial charge in [0.2, 0.25) is 0 Å². The number of hydrogen-bond acceptors (Lipinski definition) is 3. The molecule has 66 valence electrons. The summed E-state index contributed by atoms with van der Waals surface area (Å²) in [5, 5.41) is 8.60. The fraction of sp³-hybridized carbons (Fsp3) is 0.625. The van der Waals surface area contributed by atoms with E-state index in [0.717, 1.165) is 0 Å². The second kappa shape index (κ2) is 9.17. The summed E-state index contributed by atoms with van der Waals surface area (Å²) >= 11 is 0. The molecule has 3 N–H and O–H groups in total. The zero-order valence-electron chi connectivity index (χ0n) is 7.76. The van der Waals surface area contributed by atoms with Gasteiger partial charge in [0.1, 0.15) is 0 Å². The van der Waals surface area contributed by atoms with Gasteiger partial charge in [0.05, 0.1) is 6.61 Å². The van der Waals surface area contributed by atoms with Crippen molar-refractivity contribution in [2.75, 3.05) is 13.7 Å². The lowest BCUT2D eigenvalue weighted by Crippen LogP contribution is -2.02. The molecule has 0 atom stereocenters. The second-order valence-corrected chi connectivity index (χ2v) is 1.75. The Kier molecular flexibility index (Phi) is 10.7. The Morgan fingerprint density at radius 2 is 2.00 bits per heavy atom. The van der Waals surface area contributed by atoms with Crippen LogP contribution < -0.4 is 5.73 Å². The van der Waals surface area contributed by atoms with E-state index < -0.39 is 0 Å². The molecule has 0 aliphatic carbocycles. The zero-order chi connectivity index (χ0) is 9.28. The maximum Gasteiger partial charge on any atom is 0.0713 e. The van der Waals surface area contributed by atoms with E-state index in [1.165, 1.54) is 0 Å². The number of aliphatic hydroxyl groups excluding tert-OH is 1. The third kappa shape index (κ3) is 7.06. The van der Waals surface area contributed by atoms with Crippen molar-refractivity contribution in [1.82, 2.24) is 0 Å². The highest BCUT2D eigenvalue weighted by Gasteiger charge is 1.91. The first-order valence-corrected chi connectivity index (χ1v) is 3.70. The first kappa shape index (κ1) is 12.8. The lowest BCUT2D eigenvalue weighted by Gasteiger charge is -1.96. The normalized spacial score (nSPS) is 12.1. The summed E-state index contributed by atoms with van der Waals surface area (Å²) in [5.41, 5.74) is 6.65. The number of aliphatic imine (C=N–C) groups is 1. The Morgan fingerprint density at radius 1 is 1.55 bits per heavy atom. The molecule has 0 saturated heterocycles. The van der Waals surface area contributed by atoms with Crippen LogP contribution in [0.2, 0.25) is 0 Å². The summed E-state index contributed by atoms with van der Waals surface area (Å²) in [7, 11) is 1.64. The van der Waals surface area contributed by atoms with E-state index in [0.29, 0.717) is 11.3 Å². The number of nitrogens with zero attached hydrogens (tertiary/aromatic N) is 1. The molecular weight excluding hydrogens is 140 g/mol. The first-order chi connectivity index (χ1) is 5.22. The Morgan fingerprint density at radius 3 is 2.09 bits per heavy atom. The average Bonchev–Trinajstić information content (AvgIpc) is 2.03. The van der Waals surface area contributed by atoms with Crippen molar-refractivity contribution in [1.29, 1.82) is 0 Å². The molecule has 0 aliphatic rings. The largest absolute Gasteiger partial charge is 0.402 e. The van der Waals surface area contributed by atoms with Gasteiger partial charge in [0.15, 0.2) is 0 Å². The van der Waals surface area contributed by atoms with Crippen LogP contribution in [-0.2, 0) is 0 Å². The lowest BCUT2D eigenvalue weighted by atomic mass is 10.2. The van der Waals surface area contributed by atoms with Crippen LogP contribution in [0.1, 0.15) is 20.8 Å². The highest BCUT2D eigenvalue weighted by atomic mass is 16.3. The van der Waals surface area contributed by atoms with Gasteiger partial charge in [-0.1, -0.05) is 13.8 Å². The highest BCUT2D eigenvalue weighted by Crippen LogP contribution is 1.91. The highest BCUT2D eigenvalue weighted by molar-refractivity contribution is 5.79. The molecule has 0 saturated carbocycles. The van der Waals surface area contributed by atoms with Crippen LogP contribution >= 0.6 is 0 Å². The van der Waals surface area contributed by atoms with Crippen molar-refractivity contribution in [3.8, 4) is 0 Å². The van der Waals surface area contributed by atoms with Gasteiger partial charge in [0.25, 0.3) is 0 Å². The van der Waals surface area contributed by atoms with Crippen molar-refractivity contribution in [3.63, 3.8) is 0 Å². The van der Waals surface area contributed by atoms with Gasteiger partial charge in [-0.05, 0) is 6.92 Å². The van der Waals surface area contributed by atoms with E-state index in [1.54, 1.807) is 20.2 Å². The van der Waals surface area contributed by atoms with Crippen molar-refractivity contribution < 1.29 is 5.11 Å². The number of rotatable bonds is 2. The van der Waals surface area contributed by atoms with Crippen LogP contribution in [0, 0.1) is 0 Å². The molecule has 0 unspecified atom stereocenters. The molecule has 0 radical (unpaired) electrons. The van der Waals surface area contributed by atoms with Gasteiger partial charge in [-0.15, -0.1) is 0 Å². The maximum atomic E-state index is 8.60. The second-order valence-electron chi connectivity index (χ2n) is 1.75. The smallest absolute Gasteiger partial charge is 0.0713 e. The van der Waals surface area contributed by atoms with E-state index in [4.69, 9.17) is 10.8 Å². The summed E-state index contributed by atoms with van der Waals surface area (Å²) in [5.74, 6) is 0. The molecule has 0 bridgehead atoms. The van der Waals surface area contributed by atoms with Gasteiger partial charge in [-0.2, -0.15) is 0 Å². The van der Waals surface area contributed by atoms with Crippen LogP contribution in [0.15, 0.2) is 16.3 Å². The fourth-order valence-corrected chi connectivity index (χ4v) is 0.423. The predicted molar refractivity (Wildman–Crippen MR) is 49.7 cm³/mol. The van der Waals surface area contributed by atoms with Crippen LogP contribution in [-0.4, -0.2) is 25.0 Å². The molecule has 3 nitrogen and oxygen atoms in total. The summed E-state index contributed by atoms with van der Waals surface area (Å²) < 4.78 is 0. The molecule has 0 spiro atoms. The predicted octanol–water partition coefficient (Wildman–Crippen LogP) is 0.938. The topological polar surface area (TPSA) is 58.6 Å². The van der Waals surface area contributed by atoms with Crippen LogP contribution in [0.25, 0.3) is 0 Å². The van der Waals surface area contributed by atoms with Crippen LogP contribution in [0.5, 0.6) is 0 Å². The third-order valence-electron chi connectivity index (χ3n) is 0.962. The van der Waals surface area contributed by atoms with E-state index in [2.05, 4.69) is 4.99 Å². The minimum absolute atomic E-state index is 0.0420. The molecule has 0 heterocycles. The van der Waals surface area contributed by atoms with Crippen molar-refractivity contribution in [2.24, 2.45) is 10.7 Å². The fourth-order valence-electron chi connectivity index (χ4n) is 0.423. The van der Waals surface area contributed by atoms with Gasteiger partial charge in [-0.3, -0.25) is 4.99 Å². The maximum absolute atomic E-state index is 8.60. The number of hydrogen-bond donors (Lipinski definition) is 2. The monoisotopic (exact) mass is 158 g/mol. The molecule has 3 heteroatoms. The van der Waals surface area contributed by atoms with E-state index in [9.17, 15) is 0 Å². The van der Waals surface area contributed by atoms with E-state index in [1.807, 2.05) is 13.8 Å². The third-order valence-corrected chi connectivity index (χ3v) is 0.962.